The van der Waals surface area contributed by atoms with Crippen LogP contribution in [0, 0.1) is 13.8 Å². The van der Waals surface area contributed by atoms with E-state index in [-0.39, 0.29) is 27.6 Å². The molecule has 170 valence electrons. The van der Waals surface area contributed by atoms with Crippen LogP contribution in [0.15, 0.2) is 41.3 Å². The molecule has 0 bridgehead atoms. The van der Waals surface area contributed by atoms with Crippen LogP contribution >= 0.6 is 11.3 Å². The van der Waals surface area contributed by atoms with Gasteiger partial charge < -0.3 is 9.84 Å². The van der Waals surface area contributed by atoms with E-state index in [0.29, 0.717) is 21.8 Å². The van der Waals surface area contributed by atoms with Crippen LogP contribution in [0.25, 0.3) is 33.1 Å². The Morgan fingerprint density at radius 1 is 1.18 bits per heavy atom. The van der Waals surface area contributed by atoms with E-state index in [1.165, 1.54) is 23.5 Å². The number of thiazole rings is 1. The van der Waals surface area contributed by atoms with Gasteiger partial charge in [0.25, 0.3) is 10.1 Å². The van der Waals surface area contributed by atoms with Gasteiger partial charge in [0.15, 0.2) is 6.61 Å². The molecule has 0 amide bonds. The number of rotatable bonds is 7. The second-order valence-corrected chi connectivity index (χ2v) is 9.51. The summed E-state index contributed by atoms with van der Waals surface area (Å²) in [6.45, 7) is 3.09. The van der Waals surface area contributed by atoms with Crippen LogP contribution in [0.4, 0.5) is 0 Å². The molecule has 0 fully saturated rings. The van der Waals surface area contributed by atoms with Gasteiger partial charge in [-0.05, 0) is 42.8 Å². The van der Waals surface area contributed by atoms with E-state index in [1.807, 2.05) is 6.92 Å². The molecule has 11 nitrogen and oxygen atoms in total. The lowest BCUT2D eigenvalue weighted by Crippen LogP contribution is -2.09. The second kappa shape index (κ2) is 8.69. The highest BCUT2D eigenvalue weighted by molar-refractivity contribution is 7.86. The number of hydrogen-bond acceptors (Lipinski definition) is 9. The summed E-state index contributed by atoms with van der Waals surface area (Å²) in [5, 5.41) is 23.0. The number of H-pyrrole nitrogens is 1. The fourth-order valence-electron chi connectivity index (χ4n) is 3.23. The molecule has 2 aromatic heterocycles. The number of nitrogens with zero attached hydrogens (tertiary/aromatic N) is 4. The van der Waals surface area contributed by atoms with Crippen molar-refractivity contribution in [3.8, 4) is 38.8 Å². The third-order valence-electron chi connectivity index (χ3n) is 4.75. The van der Waals surface area contributed by atoms with Crippen molar-refractivity contribution in [1.29, 1.82) is 0 Å². The number of carboxylic acid groups (broad SMARTS) is 1. The molecule has 2 heterocycles. The normalized spacial score (nSPS) is 11.5. The summed E-state index contributed by atoms with van der Waals surface area (Å²) in [6.07, 6.45) is 0. The number of carboxylic acids is 1. The second-order valence-electron chi connectivity index (χ2n) is 6.95. The van der Waals surface area contributed by atoms with Crippen LogP contribution < -0.4 is 4.74 Å². The molecule has 0 radical (unpaired) electrons. The summed E-state index contributed by atoms with van der Waals surface area (Å²) in [6, 6.07) is 9.35. The zero-order chi connectivity index (χ0) is 23.8. The predicted octanol–water partition coefficient (Wildman–Crippen LogP) is 2.98. The van der Waals surface area contributed by atoms with E-state index in [9.17, 15) is 17.8 Å². The molecule has 0 aliphatic heterocycles. The molecular formula is C20H17N5O6S2. The first kappa shape index (κ1) is 22.5. The van der Waals surface area contributed by atoms with Crippen LogP contribution in [-0.4, -0.2) is 56.3 Å². The highest BCUT2D eigenvalue weighted by atomic mass is 32.2. The number of aromatic nitrogens is 5. The van der Waals surface area contributed by atoms with Gasteiger partial charge in [-0.25, -0.2) is 9.78 Å². The summed E-state index contributed by atoms with van der Waals surface area (Å²) < 4.78 is 40.9. The first-order valence-corrected chi connectivity index (χ1v) is 11.7. The van der Waals surface area contributed by atoms with E-state index >= 15 is 0 Å². The van der Waals surface area contributed by atoms with Gasteiger partial charge in [-0.1, -0.05) is 18.2 Å². The number of ether oxygens (including phenoxy) is 1. The van der Waals surface area contributed by atoms with E-state index in [4.69, 9.17) is 9.84 Å². The average molecular weight is 488 g/mol. The fourth-order valence-corrected chi connectivity index (χ4v) is 5.20. The molecule has 4 aromatic rings. The molecule has 0 saturated heterocycles. The maximum atomic E-state index is 12.7. The lowest BCUT2D eigenvalue weighted by Gasteiger charge is -2.15. The molecule has 0 unspecified atom stereocenters. The zero-order valence-corrected chi connectivity index (χ0v) is 18.9. The van der Waals surface area contributed by atoms with Gasteiger partial charge in [-0.3, -0.25) is 4.55 Å². The van der Waals surface area contributed by atoms with Crippen LogP contribution in [0.5, 0.6) is 5.75 Å². The standard InChI is InChI=1S/C20H17N5O6S2/c1-10-11(2)32-20(21-10)17-15(19-22-24-25-23-19)7-6-14(18(17)33(28,29)30)12-4-3-5-13(8-12)31-9-16(26)27/h3-8H,9H2,1-2H3,(H,26,27)(H,28,29,30)(H,22,23,24,25). The van der Waals surface area contributed by atoms with Gasteiger partial charge in [0, 0.05) is 21.6 Å². The number of benzene rings is 2. The summed E-state index contributed by atoms with van der Waals surface area (Å²) in [5.41, 5.74) is 1.72. The molecule has 13 heteroatoms. The first-order valence-electron chi connectivity index (χ1n) is 9.43. The minimum absolute atomic E-state index is 0.130. The van der Waals surface area contributed by atoms with Crippen molar-refractivity contribution in [1.82, 2.24) is 25.6 Å². The maximum Gasteiger partial charge on any atom is 0.341 e. The summed E-state index contributed by atoms with van der Waals surface area (Å²) >= 11 is 1.26. The molecule has 0 spiro atoms. The van der Waals surface area contributed by atoms with Gasteiger partial charge in [-0.15, -0.1) is 21.5 Å². The van der Waals surface area contributed by atoms with Crippen LogP contribution in [-0.2, 0) is 14.9 Å². The maximum absolute atomic E-state index is 12.7. The number of nitrogens with one attached hydrogen (secondary N) is 1. The number of hydrogen-bond donors (Lipinski definition) is 3. The van der Waals surface area contributed by atoms with Crippen LogP contribution in [0.2, 0.25) is 0 Å². The fraction of sp³-hybridized carbons (Fsp3) is 0.150. The van der Waals surface area contributed by atoms with Crippen LogP contribution in [0.3, 0.4) is 0 Å². The minimum atomic E-state index is -4.77. The van der Waals surface area contributed by atoms with Crippen molar-refractivity contribution < 1.29 is 27.6 Å². The number of aromatic amines is 1. The van der Waals surface area contributed by atoms with Gasteiger partial charge in [0.2, 0.25) is 5.82 Å². The van der Waals surface area contributed by atoms with E-state index in [2.05, 4.69) is 25.6 Å². The Hall–Kier alpha value is -3.68. The summed E-state index contributed by atoms with van der Waals surface area (Å²) in [7, 11) is -4.77. The lowest BCUT2D eigenvalue weighted by molar-refractivity contribution is -0.139. The van der Waals surface area contributed by atoms with Crippen molar-refractivity contribution in [2.45, 2.75) is 18.7 Å². The Kier molecular flexibility index (Phi) is 5.93. The molecule has 0 saturated carbocycles. The Balaban J connectivity index is 2.01. The largest absolute Gasteiger partial charge is 0.482 e. The van der Waals surface area contributed by atoms with E-state index in [0.717, 1.165) is 4.88 Å². The average Bonchev–Trinajstić information content (AvgIpc) is 3.41. The SMILES string of the molecule is Cc1nc(-c2c(-c3nn[nH]n3)ccc(-c3cccc(OCC(=O)O)c3)c2S(=O)(=O)O)sc1C. The highest BCUT2D eigenvalue weighted by Gasteiger charge is 2.29. The van der Waals surface area contributed by atoms with Gasteiger partial charge >= 0.3 is 5.97 Å². The van der Waals surface area contributed by atoms with Crippen molar-refractivity contribution in [3.63, 3.8) is 0 Å². The Bertz CT molecular complexity index is 1430. The Morgan fingerprint density at radius 2 is 1.94 bits per heavy atom. The Morgan fingerprint density at radius 3 is 2.55 bits per heavy atom. The summed E-state index contributed by atoms with van der Waals surface area (Å²) in [4.78, 5) is 15.8. The Labute approximate surface area is 191 Å². The number of aryl methyl sites for hydroxylation is 2. The monoisotopic (exact) mass is 487 g/mol. The van der Waals surface area contributed by atoms with Crippen molar-refractivity contribution >= 4 is 27.4 Å². The first-order chi connectivity index (χ1) is 15.6. The highest BCUT2D eigenvalue weighted by Crippen LogP contribution is 2.43. The van der Waals surface area contributed by atoms with E-state index in [1.54, 1.807) is 31.2 Å². The van der Waals surface area contributed by atoms with Crippen LogP contribution in [0.1, 0.15) is 10.6 Å². The molecule has 0 aliphatic carbocycles. The third-order valence-corrected chi connectivity index (χ3v) is 6.78. The van der Waals surface area contributed by atoms with E-state index < -0.39 is 22.7 Å². The van der Waals surface area contributed by atoms with Crippen molar-refractivity contribution in [2.75, 3.05) is 6.61 Å². The molecule has 4 rings (SSSR count). The molecule has 33 heavy (non-hydrogen) atoms. The van der Waals surface area contributed by atoms with Crippen molar-refractivity contribution in [3.05, 3.63) is 47.0 Å². The molecule has 3 N–H and O–H groups in total. The zero-order valence-electron chi connectivity index (χ0n) is 17.3. The molecular weight excluding hydrogens is 470 g/mol. The number of aliphatic carboxylic acids is 1. The topological polar surface area (TPSA) is 168 Å². The molecule has 2 aromatic carbocycles. The molecule has 0 aliphatic rings. The van der Waals surface area contributed by atoms with Gasteiger partial charge in [0.1, 0.15) is 15.7 Å². The lowest BCUT2D eigenvalue weighted by atomic mass is 9.98. The van der Waals surface area contributed by atoms with Crippen molar-refractivity contribution in [2.24, 2.45) is 0 Å². The minimum Gasteiger partial charge on any atom is -0.482 e. The molecule has 0 atom stereocenters. The number of tetrazole rings is 1. The summed E-state index contributed by atoms with van der Waals surface area (Å²) in [5.74, 6) is -0.799. The third kappa shape index (κ3) is 4.60. The number of carbonyl (C=O) groups is 1. The van der Waals surface area contributed by atoms with Gasteiger partial charge in [-0.2, -0.15) is 13.6 Å². The quantitative estimate of drug-likeness (QED) is 0.329. The predicted molar refractivity (Wildman–Crippen MR) is 119 cm³/mol. The van der Waals surface area contributed by atoms with Gasteiger partial charge in [0.05, 0.1) is 5.69 Å². The smallest absolute Gasteiger partial charge is 0.341 e.